The van der Waals surface area contributed by atoms with Gasteiger partial charge in [0, 0.05) is 17.4 Å². The molecule has 2 N–H and O–H groups in total. The summed E-state index contributed by atoms with van der Waals surface area (Å²) in [6, 6.07) is 14.6. The highest BCUT2D eigenvalue weighted by atomic mass is 35.5. The van der Waals surface area contributed by atoms with Crippen molar-refractivity contribution in [3.05, 3.63) is 71.4 Å². The van der Waals surface area contributed by atoms with Crippen LogP contribution in [-0.4, -0.2) is 9.97 Å². The van der Waals surface area contributed by atoms with Crippen LogP contribution in [0.1, 0.15) is 5.56 Å². The number of nitrogens with zero attached hydrogens (tertiary/aromatic N) is 2. The van der Waals surface area contributed by atoms with Gasteiger partial charge >= 0.3 is 0 Å². The molecule has 6 heteroatoms. The molecular formula is C19H13ClFN3S. The van der Waals surface area contributed by atoms with Crippen LogP contribution < -0.4 is 5.73 Å². The van der Waals surface area contributed by atoms with Crippen LogP contribution in [-0.2, 0) is 6.54 Å². The van der Waals surface area contributed by atoms with Crippen molar-refractivity contribution in [3.63, 3.8) is 0 Å². The average molecular weight is 370 g/mol. The first kappa shape index (κ1) is 16.1. The summed E-state index contributed by atoms with van der Waals surface area (Å²) in [5.74, 6) is -0.274. The molecule has 0 radical (unpaired) electrons. The monoisotopic (exact) mass is 369 g/mol. The van der Waals surface area contributed by atoms with E-state index in [4.69, 9.17) is 17.3 Å². The van der Waals surface area contributed by atoms with Gasteiger partial charge in [-0.15, -0.1) is 11.3 Å². The Morgan fingerprint density at radius 3 is 2.76 bits per heavy atom. The summed E-state index contributed by atoms with van der Waals surface area (Å²) in [6.45, 7) is 0.353. The average Bonchev–Trinajstić information content (AvgIpc) is 3.06. The standard InChI is InChI=1S/C19H13ClFN3S/c20-19-23-7-6-16(24-19)17-8-11-2-1-3-14(18(11)25-17)15-9-13(21)5-4-12(15)10-22/h1-9H,10,22H2. The van der Waals surface area contributed by atoms with Crippen molar-refractivity contribution in [1.29, 1.82) is 0 Å². The van der Waals surface area contributed by atoms with Crippen LogP contribution in [0, 0.1) is 5.82 Å². The number of benzene rings is 2. The number of thiophene rings is 1. The van der Waals surface area contributed by atoms with E-state index in [1.807, 2.05) is 24.3 Å². The zero-order valence-corrected chi connectivity index (χ0v) is 14.6. The van der Waals surface area contributed by atoms with Crippen molar-refractivity contribution in [2.45, 2.75) is 6.54 Å². The minimum atomic E-state index is -0.274. The third-order valence-corrected chi connectivity index (χ3v) is 5.39. The van der Waals surface area contributed by atoms with Crippen molar-refractivity contribution in [2.75, 3.05) is 0 Å². The Bertz CT molecular complexity index is 1080. The van der Waals surface area contributed by atoms with Gasteiger partial charge in [0.1, 0.15) is 5.82 Å². The fourth-order valence-corrected chi connectivity index (χ4v) is 4.16. The van der Waals surface area contributed by atoms with E-state index in [1.54, 1.807) is 23.6 Å². The Morgan fingerprint density at radius 1 is 1.08 bits per heavy atom. The van der Waals surface area contributed by atoms with Crippen LogP contribution in [0.15, 0.2) is 54.7 Å². The van der Waals surface area contributed by atoms with Gasteiger partial charge in [0.15, 0.2) is 0 Å². The summed E-state index contributed by atoms with van der Waals surface area (Å²) in [4.78, 5) is 9.18. The molecule has 0 fully saturated rings. The number of rotatable bonds is 3. The lowest BCUT2D eigenvalue weighted by Crippen LogP contribution is -1.99. The second kappa shape index (κ2) is 6.52. The molecule has 4 rings (SSSR count). The van der Waals surface area contributed by atoms with E-state index in [0.29, 0.717) is 6.54 Å². The molecule has 0 bridgehead atoms. The Balaban J connectivity index is 1.93. The molecule has 2 aromatic heterocycles. The number of hydrogen-bond acceptors (Lipinski definition) is 4. The van der Waals surface area contributed by atoms with Gasteiger partial charge in [0.25, 0.3) is 0 Å². The molecule has 124 valence electrons. The van der Waals surface area contributed by atoms with E-state index in [-0.39, 0.29) is 11.1 Å². The van der Waals surface area contributed by atoms with Gasteiger partial charge in [0.05, 0.1) is 10.6 Å². The number of nitrogens with two attached hydrogens (primary N) is 1. The highest BCUT2D eigenvalue weighted by Crippen LogP contribution is 2.39. The van der Waals surface area contributed by atoms with Gasteiger partial charge in [-0.25, -0.2) is 14.4 Å². The first-order chi connectivity index (χ1) is 12.2. The van der Waals surface area contributed by atoms with Crippen LogP contribution in [0.4, 0.5) is 4.39 Å². The lowest BCUT2D eigenvalue weighted by atomic mass is 9.98. The van der Waals surface area contributed by atoms with Gasteiger partial charge in [-0.05, 0) is 57.9 Å². The molecule has 4 aromatic rings. The minimum absolute atomic E-state index is 0.214. The van der Waals surface area contributed by atoms with Crippen LogP contribution >= 0.6 is 22.9 Å². The van der Waals surface area contributed by atoms with E-state index in [0.717, 1.165) is 37.3 Å². The predicted molar refractivity (Wildman–Crippen MR) is 101 cm³/mol. The zero-order chi connectivity index (χ0) is 17.4. The largest absolute Gasteiger partial charge is 0.326 e. The summed E-state index contributed by atoms with van der Waals surface area (Å²) in [5, 5.41) is 1.28. The quantitative estimate of drug-likeness (QED) is 0.500. The lowest BCUT2D eigenvalue weighted by Gasteiger charge is -2.09. The maximum atomic E-state index is 13.8. The molecule has 0 spiro atoms. The molecule has 0 saturated carbocycles. The van der Waals surface area contributed by atoms with Crippen molar-refractivity contribution >= 4 is 33.0 Å². The van der Waals surface area contributed by atoms with Gasteiger partial charge < -0.3 is 5.73 Å². The second-order valence-corrected chi connectivity index (χ2v) is 6.94. The Labute approximate surface area is 152 Å². The highest BCUT2D eigenvalue weighted by Gasteiger charge is 2.13. The molecule has 0 saturated heterocycles. The van der Waals surface area contributed by atoms with Crippen molar-refractivity contribution < 1.29 is 4.39 Å². The SMILES string of the molecule is NCc1ccc(F)cc1-c1cccc2cc(-c3ccnc(Cl)n3)sc12. The molecule has 0 atom stereocenters. The molecule has 3 nitrogen and oxygen atoms in total. The maximum Gasteiger partial charge on any atom is 0.222 e. The maximum absolute atomic E-state index is 13.8. The van der Waals surface area contributed by atoms with E-state index in [1.165, 1.54) is 12.1 Å². The first-order valence-corrected chi connectivity index (χ1v) is 8.85. The topological polar surface area (TPSA) is 51.8 Å². The van der Waals surface area contributed by atoms with Crippen molar-refractivity contribution in [1.82, 2.24) is 9.97 Å². The molecule has 2 aromatic carbocycles. The smallest absolute Gasteiger partial charge is 0.222 e. The zero-order valence-electron chi connectivity index (χ0n) is 13.0. The third kappa shape index (κ3) is 3.02. The Kier molecular flexibility index (Phi) is 4.21. The fourth-order valence-electron chi connectivity index (χ4n) is 2.85. The summed E-state index contributed by atoms with van der Waals surface area (Å²) in [5.41, 5.74) is 9.31. The predicted octanol–water partition coefficient (Wildman–Crippen LogP) is 5.28. The molecule has 0 aliphatic heterocycles. The second-order valence-electron chi connectivity index (χ2n) is 5.55. The molecule has 0 aliphatic carbocycles. The third-order valence-electron chi connectivity index (χ3n) is 4.00. The molecule has 2 heterocycles. The van der Waals surface area contributed by atoms with Gasteiger partial charge in [-0.2, -0.15) is 0 Å². The van der Waals surface area contributed by atoms with Gasteiger partial charge in [0.2, 0.25) is 5.28 Å². The summed E-state index contributed by atoms with van der Waals surface area (Å²) in [7, 11) is 0. The number of fused-ring (bicyclic) bond motifs is 1. The Morgan fingerprint density at radius 2 is 1.96 bits per heavy atom. The van der Waals surface area contributed by atoms with Crippen LogP contribution in [0.3, 0.4) is 0 Å². The molecular weight excluding hydrogens is 357 g/mol. The minimum Gasteiger partial charge on any atom is -0.326 e. The Hall–Kier alpha value is -2.34. The molecule has 0 amide bonds. The van der Waals surface area contributed by atoms with E-state index in [9.17, 15) is 4.39 Å². The lowest BCUT2D eigenvalue weighted by molar-refractivity contribution is 0.627. The van der Waals surface area contributed by atoms with E-state index >= 15 is 0 Å². The van der Waals surface area contributed by atoms with Gasteiger partial charge in [-0.3, -0.25) is 0 Å². The molecule has 0 aliphatic rings. The summed E-state index contributed by atoms with van der Waals surface area (Å²) < 4.78 is 14.9. The van der Waals surface area contributed by atoms with Crippen LogP contribution in [0.2, 0.25) is 5.28 Å². The first-order valence-electron chi connectivity index (χ1n) is 7.66. The highest BCUT2D eigenvalue weighted by molar-refractivity contribution is 7.22. The van der Waals surface area contributed by atoms with E-state index < -0.39 is 0 Å². The van der Waals surface area contributed by atoms with Gasteiger partial charge in [-0.1, -0.05) is 24.3 Å². The summed E-state index contributed by atoms with van der Waals surface area (Å²) >= 11 is 7.50. The van der Waals surface area contributed by atoms with Crippen LogP contribution in [0.25, 0.3) is 31.8 Å². The fraction of sp³-hybridized carbons (Fsp3) is 0.0526. The number of halogens is 2. The summed E-state index contributed by atoms with van der Waals surface area (Å²) in [6.07, 6.45) is 1.63. The number of hydrogen-bond donors (Lipinski definition) is 1. The van der Waals surface area contributed by atoms with Crippen molar-refractivity contribution in [2.24, 2.45) is 5.73 Å². The normalized spacial score (nSPS) is 11.2. The van der Waals surface area contributed by atoms with Crippen molar-refractivity contribution in [3.8, 4) is 21.7 Å². The van der Waals surface area contributed by atoms with E-state index in [2.05, 4.69) is 16.0 Å². The molecule has 0 unspecified atom stereocenters. The number of aromatic nitrogens is 2. The molecule has 25 heavy (non-hydrogen) atoms. The van der Waals surface area contributed by atoms with Crippen LogP contribution in [0.5, 0.6) is 0 Å².